The molecule has 1 aromatic rings. The van der Waals surface area contributed by atoms with Gasteiger partial charge in [-0.25, -0.2) is 4.39 Å². The molecule has 4 nitrogen and oxygen atoms in total. The molecule has 1 heterocycles. The van der Waals surface area contributed by atoms with Gasteiger partial charge >= 0.3 is 0 Å². The molecule has 2 fully saturated rings. The first-order valence-corrected chi connectivity index (χ1v) is 7.91. The normalized spacial score (nSPS) is 21.6. The van der Waals surface area contributed by atoms with E-state index in [4.69, 9.17) is 9.47 Å². The van der Waals surface area contributed by atoms with Gasteiger partial charge in [0.1, 0.15) is 5.82 Å². The summed E-state index contributed by atoms with van der Waals surface area (Å²) in [5.74, 6) is -1.32. The summed E-state index contributed by atoms with van der Waals surface area (Å²) in [6, 6.07) is 4.40. The Kier molecular flexibility index (Phi) is 4.28. The molecule has 1 amide bonds. The Bertz CT molecular complexity index is 536. The lowest BCUT2D eigenvalue weighted by Crippen LogP contribution is -2.44. The smallest absolute Gasteiger partial charge is 0.254 e. The number of benzene rings is 1. The summed E-state index contributed by atoms with van der Waals surface area (Å²) in [5.41, 5.74) is 0.0676. The first-order valence-electron chi connectivity index (χ1n) is 7.12. The van der Waals surface area contributed by atoms with Gasteiger partial charge in [0, 0.05) is 23.4 Å². The Morgan fingerprint density at radius 3 is 2.62 bits per heavy atom. The van der Waals surface area contributed by atoms with Gasteiger partial charge in [0.15, 0.2) is 5.79 Å². The topological polar surface area (TPSA) is 47.6 Å². The molecule has 1 saturated carbocycles. The zero-order chi connectivity index (χ0) is 14.9. The van der Waals surface area contributed by atoms with Crippen LogP contribution in [0.1, 0.15) is 36.0 Å². The van der Waals surface area contributed by atoms with Crippen LogP contribution in [0.4, 0.5) is 4.39 Å². The summed E-state index contributed by atoms with van der Waals surface area (Å²) in [6.07, 6.45) is 3.08. The number of hydrogen-bond donors (Lipinski definition) is 1. The van der Waals surface area contributed by atoms with E-state index in [0.29, 0.717) is 17.7 Å². The third-order valence-corrected chi connectivity index (χ3v) is 4.56. The van der Waals surface area contributed by atoms with Crippen LogP contribution in [0.3, 0.4) is 0 Å². The molecule has 1 aliphatic heterocycles. The summed E-state index contributed by atoms with van der Waals surface area (Å²) in [7, 11) is 0. The van der Waals surface area contributed by atoms with E-state index < -0.39 is 11.6 Å². The molecule has 0 unspecified atom stereocenters. The van der Waals surface area contributed by atoms with Gasteiger partial charge in [-0.1, -0.05) is 15.9 Å². The number of ether oxygens (including phenoxy) is 2. The number of halogens is 2. The molecule has 1 N–H and O–H groups in total. The van der Waals surface area contributed by atoms with Crippen LogP contribution < -0.4 is 5.32 Å². The lowest BCUT2D eigenvalue weighted by molar-refractivity contribution is -0.179. The van der Waals surface area contributed by atoms with Crippen molar-refractivity contribution in [2.24, 2.45) is 0 Å². The SMILES string of the molecule is O=C(NC1CCC2(CC1)OCCO2)c1cc(Br)ccc1F. The van der Waals surface area contributed by atoms with E-state index in [-0.39, 0.29) is 17.5 Å². The van der Waals surface area contributed by atoms with E-state index in [1.807, 2.05) is 0 Å². The molecule has 1 aromatic carbocycles. The fourth-order valence-electron chi connectivity index (χ4n) is 2.92. The van der Waals surface area contributed by atoms with Crippen molar-refractivity contribution in [2.45, 2.75) is 37.5 Å². The average Bonchev–Trinajstić information content (AvgIpc) is 2.93. The highest BCUT2D eigenvalue weighted by Gasteiger charge is 2.40. The van der Waals surface area contributed by atoms with Gasteiger partial charge in [-0.3, -0.25) is 4.79 Å². The monoisotopic (exact) mass is 357 g/mol. The highest BCUT2D eigenvalue weighted by molar-refractivity contribution is 9.10. The molecular formula is C15H17BrFNO3. The highest BCUT2D eigenvalue weighted by Crippen LogP contribution is 2.35. The molecule has 6 heteroatoms. The fourth-order valence-corrected chi connectivity index (χ4v) is 3.28. The molecule has 0 radical (unpaired) electrons. The van der Waals surface area contributed by atoms with Crippen LogP contribution >= 0.6 is 15.9 Å². The number of rotatable bonds is 2. The van der Waals surface area contributed by atoms with Gasteiger partial charge in [-0.15, -0.1) is 0 Å². The van der Waals surface area contributed by atoms with Crippen LogP contribution in [0.25, 0.3) is 0 Å². The minimum atomic E-state index is -0.509. The lowest BCUT2D eigenvalue weighted by Gasteiger charge is -2.35. The molecule has 0 bridgehead atoms. The maximum Gasteiger partial charge on any atom is 0.254 e. The van der Waals surface area contributed by atoms with Crippen LogP contribution in [0.5, 0.6) is 0 Å². The molecule has 21 heavy (non-hydrogen) atoms. The maximum atomic E-state index is 13.7. The number of hydrogen-bond acceptors (Lipinski definition) is 3. The van der Waals surface area contributed by atoms with E-state index >= 15 is 0 Å². The van der Waals surface area contributed by atoms with Crippen molar-refractivity contribution in [1.29, 1.82) is 0 Å². The molecule has 1 spiro atoms. The van der Waals surface area contributed by atoms with E-state index in [2.05, 4.69) is 21.2 Å². The summed E-state index contributed by atoms with van der Waals surface area (Å²) >= 11 is 3.25. The van der Waals surface area contributed by atoms with Crippen molar-refractivity contribution in [2.75, 3.05) is 13.2 Å². The average molecular weight is 358 g/mol. The third-order valence-electron chi connectivity index (χ3n) is 4.07. The summed E-state index contributed by atoms with van der Waals surface area (Å²) in [4.78, 5) is 12.2. The number of carbonyl (C=O) groups excluding carboxylic acids is 1. The summed E-state index contributed by atoms with van der Waals surface area (Å²) in [6.45, 7) is 1.28. The lowest BCUT2D eigenvalue weighted by atomic mass is 9.90. The first kappa shape index (κ1) is 14.9. The zero-order valence-corrected chi connectivity index (χ0v) is 13.1. The Morgan fingerprint density at radius 1 is 1.29 bits per heavy atom. The summed E-state index contributed by atoms with van der Waals surface area (Å²) < 4.78 is 25.7. The van der Waals surface area contributed by atoms with Gasteiger partial charge < -0.3 is 14.8 Å². The second kappa shape index (κ2) is 6.02. The molecule has 1 aliphatic carbocycles. The van der Waals surface area contributed by atoms with E-state index in [1.165, 1.54) is 12.1 Å². The fraction of sp³-hybridized carbons (Fsp3) is 0.533. The minimum absolute atomic E-state index is 0.0364. The Morgan fingerprint density at radius 2 is 1.95 bits per heavy atom. The van der Waals surface area contributed by atoms with Crippen LogP contribution in [-0.2, 0) is 9.47 Å². The van der Waals surface area contributed by atoms with Crippen molar-refractivity contribution >= 4 is 21.8 Å². The summed E-state index contributed by atoms with van der Waals surface area (Å²) in [5, 5.41) is 2.90. The van der Waals surface area contributed by atoms with Gasteiger partial charge in [0.2, 0.25) is 0 Å². The van der Waals surface area contributed by atoms with Gasteiger partial charge in [0.25, 0.3) is 5.91 Å². The molecule has 3 rings (SSSR count). The Balaban J connectivity index is 1.60. The quantitative estimate of drug-likeness (QED) is 0.884. The van der Waals surface area contributed by atoms with Crippen LogP contribution in [0.15, 0.2) is 22.7 Å². The third kappa shape index (κ3) is 3.27. The van der Waals surface area contributed by atoms with Gasteiger partial charge in [-0.05, 0) is 31.0 Å². The van der Waals surface area contributed by atoms with E-state index in [9.17, 15) is 9.18 Å². The molecular weight excluding hydrogens is 341 g/mol. The highest BCUT2D eigenvalue weighted by atomic mass is 79.9. The second-order valence-electron chi connectivity index (χ2n) is 5.48. The zero-order valence-electron chi connectivity index (χ0n) is 11.5. The standard InChI is InChI=1S/C15H17BrFNO3/c16-10-1-2-13(17)12(9-10)14(19)18-11-3-5-15(6-4-11)20-7-8-21-15/h1-2,9,11H,3-8H2,(H,18,19). The van der Waals surface area contributed by atoms with Crippen molar-refractivity contribution in [3.8, 4) is 0 Å². The number of carbonyl (C=O) groups is 1. The first-order chi connectivity index (χ1) is 10.1. The minimum Gasteiger partial charge on any atom is -0.349 e. The van der Waals surface area contributed by atoms with Crippen molar-refractivity contribution in [3.63, 3.8) is 0 Å². The van der Waals surface area contributed by atoms with Gasteiger partial charge in [-0.2, -0.15) is 0 Å². The Labute approximate surface area is 131 Å². The predicted molar refractivity (Wildman–Crippen MR) is 78.5 cm³/mol. The molecule has 2 aliphatic rings. The molecule has 0 atom stereocenters. The Hall–Kier alpha value is -0.980. The van der Waals surface area contributed by atoms with Crippen LogP contribution in [0.2, 0.25) is 0 Å². The second-order valence-corrected chi connectivity index (χ2v) is 6.40. The molecule has 114 valence electrons. The van der Waals surface area contributed by atoms with Crippen molar-refractivity contribution in [3.05, 3.63) is 34.1 Å². The van der Waals surface area contributed by atoms with Gasteiger partial charge in [0.05, 0.1) is 18.8 Å². The molecule has 1 saturated heterocycles. The van der Waals surface area contributed by atoms with E-state index in [0.717, 1.165) is 25.7 Å². The molecule has 0 aromatic heterocycles. The number of nitrogens with one attached hydrogen (secondary N) is 1. The number of amides is 1. The largest absolute Gasteiger partial charge is 0.349 e. The predicted octanol–water partition coefficient (Wildman–Crippen LogP) is 3.00. The maximum absolute atomic E-state index is 13.7. The van der Waals surface area contributed by atoms with Crippen molar-refractivity contribution < 1.29 is 18.7 Å². The van der Waals surface area contributed by atoms with E-state index in [1.54, 1.807) is 6.07 Å². The van der Waals surface area contributed by atoms with Crippen LogP contribution in [-0.4, -0.2) is 30.9 Å². The van der Waals surface area contributed by atoms with Crippen LogP contribution in [0, 0.1) is 5.82 Å². The van der Waals surface area contributed by atoms with Crippen molar-refractivity contribution in [1.82, 2.24) is 5.32 Å².